The number of carbonyl (C=O) groups is 1. The van der Waals surface area contributed by atoms with Crippen molar-refractivity contribution in [3.05, 3.63) is 23.8 Å². The molecule has 0 fully saturated rings. The van der Waals surface area contributed by atoms with Crippen LogP contribution in [0.25, 0.3) is 0 Å². The largest absolute Gasteiger partial charge is 0.507 e. The van der Waals surface area contributed by atoms with Gasteiger partial charge in [-0.3, -0.25) is 20.6 Å². The van der Waals surface area contributed by atoms with Crippen LogP contribution >= 0.6 is 0 Å². The number of carbonyl (C=O) groups excluding carboxylic acids is 1. The number of hydrogen-bond donors (Lipinski definition) is 3. The molecule has 0 saturated carbocycles. The molecule has 3 N–H and O–H groups in total. The highest BCUT2D eigenvalue weighted by atomic mass is 16.5. The highest BCUT2D eigenvalue weighted by molar-refractivity contribution is 6.04. The van der Waals surface area contributed by atoms with Gasteiger partial charge in [-0.1, -0.05) is 0 Å². The standard InChI is InChI=1S/C10H11N3O3/c1-16-6-2-3-7(8(14)4-6)10-11-5-9(15)12-13-10/h2-4,14H,5H2,1H3,(H,11,13)(H,12,15). The number of nitrogens with zero attached hydrogens (tertiary/aromatic N) is 1. The Morgan fingerprint density at radius 3 is 2.81 bits per heavy atom. The van der Waals surface area contributed by atoms with Crippen molar-refractivity contribution in [2.24, 2.45) is 4.99 Å². The van der Waals surface area contributed by atoms with Crippen molar-refractivity contribution in [2.45, 2.75) is 0 Å². The van der Waals surface area contributed by atoms with Gasteiger partial charge in [-0.05, 0) is 12.1 Å². The number of aliphatic imine (C=N–C) groups is 1. The van der Waals surface area contributed by atoms with Gasteiger partial charge >= 0.3 is 0 Å². The first-order chi connectivity index (χ1) is 7.70. The number of methoxy groups -OCH3 is 1. The number of rotatable bonds is 2. The van der Waals surface area contributed by atoms with E-state index in [1.54, 1.807) is 12.1 Å². The number of aromatic hydroxyl groups is 1. The number of amidine groups is 1. The molecule has 1 aliphatic rings. The Morgan fingerprint density at radius 2 is 2.25 bits per heavy atom. The topological polar surface area (TPSA) is 83.0 Å². The predicted octanol–water partition coefficient (Wildman–Crippen LogP) is -0.218. The highest BCUT2D eigenvalue weighted by Gasteiger charge is 2.14. The maximum Gasteiger partial charge on any atom is 0.260 e. The number of phenols is 1. The van der Waals surface area contributed by atoms with Crippen LogP contribution in [0.2, 0.25) is 0 Å². The molecular weight excluding hydrogens is 210 g/mol. The van der Waals surface area contributed by atoms with Crippen LogP contribution in [0.15, 0.2) is 23.2 Å². The molecule has 0 saturated heterocycles. The van der Waals surface area contributed by atoms with Crippen molar-refractivity contribution in [1.82, 2.24) is 10.9 Å². The Bertz CT molecular complexity index is 457. The molecule has 84 valence electrons. The Balaban J connectivity index is 2.30. The van der Waals surface area contributed by atoms with Gasteiger partial charge in [0.15, 0.2) is 5.84 Å². The van der Waals surface area contributed by atoms with Crippen LogP contribution in [0, 0.1) is 0 Å². The number of nitrogens with one attached hydrogen (secondary N) is 2. The third-order valence-electron chi connectivity index (χ3n) is 2.16. The molecule has 1 aliphatic heterocycles. The van der Waals surface area contributed by atoms with E-state index in [1.165, 1.54) is 13.2 Å². The fourth-order valence-corrected chi connectivity index (χ4v) is 1.35. The van der Waals surface area contributed by atoms with Crippen molar-refractivity contribution in [1.29, 1.82) is 0 Å². The molecule has 1 heterocycles. The zero-order valence-electron chi connectivity index (χ0n) is 8.65. The fourth-order valence-electron chi connectivity index (χ4n) is 1.35. The van der Waals surface area contributed by atoms with Gasteiger partial charge in [0.25, 0.3) is 5.91 Å². The van der Waals surface area contributed by atoms with E-state index in [1.807, 2.05) is 0 Å². The highest BCUT2D eigenvalue weighted by Crippen LogP contribution is 2.23. The molecular formula is C10H11N3O3. The minimum Gasteiger partial charge on any atom is -0.507 e. The smallest absolute Gasteiger partial charge is 0.260 e. The van der Waals surface area contributed by atoms with E-state index in [4.69, 9.17) is 4.74 Å². The Morgan fingerprint density at radius 1 is 1.44 bits per heavy atom. The summed E-state index contributed by atoms with van der Waals surface area (Å²) in [4.78, 5) is 14.9. The van der Waals surface area contributed by atoms with Crippen molar-refractivity contribution >= 4 is 11.7 Å². The summed E-state index contributed by atoms with van der Waals surface area (Å²) in [5, 5.41) is 9.73. The van der Waals surface area contributed by atoms with Gasteiger partial charge in [0.1, 0.15) is 18.0 Å². The van der Waals surface area contributed by atoms with E-state index in [2.05, 4.69) is 15.8 Å². The second kappa shape index (κ2) is 4.09. The summed E-state index contributed by atoms with van der Waals surface area (Å²) >= 11 is 0. The van der Waals surface area contributed by atoms with E-state index in [-0.39, 0.29) is 18.2 Å². The number of hydrogen-bond acceptors (Lipinski definition) is 5. The number of phenolic OH excluding ortho intramolecular Hbond substituents is 1. The van der Waals surface area contributed by atoms with E-state index in [0.717, 1.165) is 0 Å². The van der Waals surface area contributed by atoms with Gasteiger partial charge in [0.05, 0.1) is 12.7 Å². The zero-order valence-corrected chi connectivity index (χ0v) is 8.65. The third kappa shape index (κ3) is 1.90. The lowest BCUT2D eigenvalue weighted by Gasteiger charge is -2.16. The Labute approximate surface area is 91.9 Å². The van der Waals surface area contributed by atoms with E-state index >= 15 is 0 Å². The summed E-state index contributed by atoms with van der Waals surface area (Å²) < 4.78 is 4.96. The van der Waals surface area contributed by atoms with Crippen molar-refractivity contribution < 1.29 is 14.6 Å². The summed E-state index contributed by atoms with van der Waals surface area (Å²) in [5.74, 6) is 0.819. The normalized spacial score (nSPS) is 14.8. The molecule has 6 heteroatoms. The molecule has 0 atom stereocenters. The maximum absolute atomic E-state index is 10.9. The van der Waals surface area contributed by atoms with Crippen LogP contribution < -0.4 is 15.6 Å². The zero-order chi connectivity index (χ0) is 11.5. The SMILES string of the molecule is COc1ccc(C2=NCC(=O)NN2)c(O)c1. The maximum atomic E-state index is 10.9. The molecule has 0 aliphatic carbocycles. The molecule has 0 aromatic heterocycles. The second-order valence-corrected chi connectivity index (χ2v) is 3.22. The average Bonchev–Trinajstić information content (AvgIpc) is 2.30. The van der Waals surface area contributed by atoms with E-state index < -0.39 is 0 Å². The average molecular weight is 221 g/mol. The van der Waals surface area contributed by atoms with E-state index in [9.17, 15) is 9.90 Å². The van der Waals surface area contributed by atoms with Gasteiger partial charge in [-0.15, -0.1) is 0 Å². The molecule has 1 amide bonds. The molecule has 0 spiro atoms. The first-order valence-corrected chi connectivity index (χ1v) is 4.67. The van der Waals surface area contributed by atoms with Gasteiger partial charge in [0.2, 0.25) is 0 Å². The summed E-state index contributed by atoms with van der Waals surface area (Å²) in [6, 6.07) is 4.85. The Kier molecular flexibility index (Phi) is 2.63. The van der Waals surface area contributed by atoms with Crippen LogP contribution in [-0.4, -0.2) is 30.5 Å². The lowest BCUT2D eigenvalue weighted by Crippen LogP contribution is -2.47. The van der Waals surface area contributed by atoms with Crippen LogP contribution in [-0.2, 0) is 4.79 Å². The summed E-state index contributed by atoms with van der Waals surface area (Å²) in [7, 11) is 1.52. The van der Waals surface area contributed by atoms with Gasteiger partial charge < -0.3 is 9.84 Å². The van der Waals surface area contributed by atoms with Crippen molar-refractivity contribution in [3.8, 4) is 11.5 Å². The van der Waals surface area contributed by atoms with Gasteiger partial charge in [-0.25, -0.2) is 0 Å². The molecule has 2 rings (SSSR count). The van der Waals surface area contributed by atoms with Crippen molar-refractivity contribution in [3.63, 3.8) is 0 Å². The number of hydrazine groups is 1. The molecule has 0 radical (unpaired) electrons. The van der Waals surface area contributed by atoms with Crippen LogP contribution in [0.3, 0.4) is 0 Å². The molecule has 1 aromatic rings. The first-order valence-electron chi connectivity index (χ1n) is 4.67. The number of ether oxygens (including phenoxy) is 1. The monoisotopic (exact) mass is 221 g/mol. The first kappa shape index (κ1) is 10.3. The van der Waals surface area contributed by atoms with Crippen LogP contribution in [0.1, 0.15) is 5.56 Å². The minimum absolute atomic E-state index is 0.0433. The second-order valence-electron chi connectivity index (χ2n) is 3.22. The van der Waals surface area contributed by atoms with E-state index in [0.29, 0.717) is 17.1 Å². The number of amides is 1. The Hall–Kier alpha value is -2.24. The predicted molar refractivity (Wildman–Crippen MR) is 57.3 cm³/mol. The molecule has 16 heavy (non-hydrogen) atoms. The molecule has 0 bridgehead atoms. The van der Waals surface area contributed by atoms with Gasteiger partial charge in [0, 0.05) is 6.07 Å². The van der Waals surface area contributed by atoms with Crippen molar-refractivity contribution in [2.75, 3.05) is 13.7 Å². The molecule has 0 unspecified atom stereocenters. The molecule has 6 nitrogen and oxygen atoms in total. The van der Waals surface area contributed by atoms with Crippen LogP contribution in [0.4, 0.5) is 0 Å². The summed E-state index contributed by atoms with van der Waals surface area (Å²) in [6.45, 7) is 0.0494. The quantitative estimate of drug-likeness (QED) is 0.645. The minimum atomic E-state index is -0.211. The van der Waals surface area contributed by atoms with Gasteiger partial charge in [-0.2, -0.15) is 0 Å². The fraction of sp³-hybridized carbons (Fsp3) is 0.200. The lowest BCUT2D eigenvalue weighted by atomic mass is 10.1. The molecule has 1 aromatic carbocycles. The third-order valence-corrected chi connectivity index (χ3v) is 2.16. The van der Waals surface area contributed by atoms with Crippen LogP contribution in [0.5, 0.6) is 11.5 Å². The summed E-state index contributed by atoms with van der Waals surface area (Å²) in [6.07, 6.45) is 0. The summed E-state index contributed by atoms with van der Waals surface area (Å²) in [5.41, 5.74) is 5.55. The number of benzene rings is 1. The lowest BCUT2D eigenvalue weighted by molar-refractivity contribution is -0.120.